The molecule has 0 atom stereocenters. The number of aliphatic hydroxyl groups is 1. The summed E-state index contributed by atoms with van der Waals surface area (Å²) >= 11 is 6.13. The average molecular weight is 341 g/mol. The molecule has 0 saturated carbocycles. The Morgan fingerprint density at radius 1 is 1.26 bits per heavy atom. The zero-order chi connectivity index (χ0) is 17.0. The molecular formula is C17H25ClN2O3. The van der Waals surface area contributed by atoms with Gasteiger partial charge in [-0.2, -0.15) is 0 Å². The number of nitrogens with zero attached hydrogens (tertiary/aromatic N) is 2. The van der Waals surface area contributed by atoms with E-state index in [9.17, 15) is 9.90 Å². The number of hydrogen-bond donors (Lipinski definition) is 1. The minimum absolute atomic E-state index is 0.0626. The van der Waals surface area contributed by atoms with Gasteiger partial charge in [0.25, 0.3) is 0 Å². The van der Waals surface area contributed by atoms with Crippen molar-refractivity contribution in [3.63, 3.8) is 0 Å². The van der Waals surface area contributed by atoms with Crippen molar-refractivity contribution in [2.24, 2.45) is 0 Å². The Hall–Kier alpha value is -1.30. The Bertz CT molecular complexity index is 549. The van der Waals surface area contributed by atoms with Crippen LogP contribution in [-0.4, -0.2) is 52.8 Å². The number of hydrogen-bond acceptors (Lipinski definition) is 4. The number of ether oxygens (including phenoxy) is 1. The Balaban J connectivity index is 1.90. The minimum atomic E-state index is -0.467. The van der Waals surface area contributed by atoms with Gasteiger partial charge in [-0.05, 0) is 32.4 Å². The molecule has 5 nitrogen and oxygen atoms in total. The van der Waals surface area contributed by atoms with E-state index in [0.717, 1.165) is 30.8 Å². The van der Waals surface area contributed by atoms with Crippen LogP contribution in [0.1, 0.15) is 31.9 Å². The van der Waals surface area contributed by atoms with Crippen molar-refractivity contribution in [2.75, 3.05) is 26.2 Å². The van der Waals surface area contributed by atoms with Crippen LogP contribution in [0.25, 0.3) is 0 Å². The Morgan fingerprint density at radius 3 is 2.48 bits per heavy atom. The fourth-order valence-electron chi connectivity index (χ4n) is 2.58. The number of rotatable bonds is 3. The second-order valence-electron chi connectivity index (χ2n) is 6.78. The van der Waals surface area contributed by atoms with Crippen LogP contribution in [0.15, 0.2) is 18.2 Å². The highest BCUT2D eigenvalue weighted by Crippen LogP contribution is 2.22. The quantitative estimate of drug-likeness (QED) is 0.919. The summed E-state index contributed by atoms with van der Waals surface area (Å²) in [6, 6.07) is 5.67. The SMILES string of the molecule is CC(C)(C)OC(=O)N1CCN(Cc2cccc(Cl)c2CO)CC1. The molecule has 23 heavy (non-hydrogen) atoms. The van der Waals surface area contributed by atoms with E-state index in [-0.39, 0.29) is 12.7 Å². The number of carbonyl (C=O) groups is 1. The lowest BCUT2D eigenvalue weighted by atomic mass is 10.1. The van der Waals surface area contributed by atoms with Gasteiger partial charge in [-0.25, -0.2) is 4.79 Å². The van der Waals surface area contributed by atoms with Gasteiger partial charge in [-0.3, -0.25) is 4.90 Å². The molecule has 0 aliphatic carbocycles. The number of aliphatic hydroxyl groups excluding tert-OH is 1. The van der Waals surface area contributed by atoms with E-state index in [1.165, 1.54) is 0 Å². The zero-order valence-corrected chi connectivity index (χ0v) is 14.8. The maximum absolute atomic E-state index is 12.1. The monoisotopic (exact) mass is 340 g/mol. The molecule has 1 aromatic rings. The Morgan fingerprint density at radius 2 is 1.91 bits per heavy atom. The van der Waals surface area contributed by atoms with E-state index in [4.69, 9.17) is 16.3 Å². The molecule has 1 aromatic carbocycles. The minimum Gasteiger partial charge on any atom is -0.444 e. The summed E-state index contributed by atoms with van der Waals surface area (Å²) in [6.07, 6.45) is -0.254. The predicted molar refractivity (Wildman–Crippen MR) is 90.5 cm³/mol. The second-order valence-corrected chi connectivity index (χ2v) is 7.19. The lowest BCUT2D eigenvalue weighted by Crippen LogP contribution is -2.49. The topological polar surface area (TPSA) is 53.0 Å². The van der Waals surface area contributed by atoms with Crippen molar-refractivity contribution in [1.82, 2.24) is 9.80 Å². The van der Waals surface area contributed by atoms with Crippen molar-refractivity contribution in [2.45, 2.75) is 39.5 Å². The standard InChI is InChI=1S/C17H25ClN2O3/c1-17(2,3)23-16(22)20-9-7-19(8-10-20)11-13-5-4-6-15(18)14(13)12-21/h4-6,21H,7-12H2,1-3H3. The third kappa shape index (κ3) is 5.09. The molecule has 2 rings (SSSR count). The summed E-state index contributed by atoms with van der Waals surface area (Å²) < 4.78 is 5.40. The molecule has 1 saturated heterocycles. The smallest absolute Gasteiger partial charge is 0.410 e. The molecular weight excluding hydrogens is 316 g/mol. The normalized spacial score (nSPS) is 16.5. The number of halogens is 1. The summed E-state index contributed by atoms with van der Waals surface area (Å²) in [5, 5.41) is 10.1. The van der Waals surface area contributed by atoms with Crippen molar-refractivity contribution in [3.05, 3.63) is 34.3 Å². The highest BCUT2D eigenvalue weighted by atomic mass is 35.5. The molecule has 1 amide bonds. The van der Waals surface area contributed by atoms with Crippen LogP contribution in [0.2, 0.25) is 5.02 Å². The second kappa shape index (κ2) is 7.51. The van der Waals surface area contributed by atoms with Crippen LogP contribution in [-0.2, 0) is 17.9 Å². The number of amides is 1. The molecule has 0 bridgehead atoms. The van der Waals surface area contributed by atoms with E-state index in [1.54, 1.807) is 11.0 Å². The van der Waals surface area contributed by atoms with Gasteiger partial charge in [0.15, 0.2) is 0 Å². The van der Waals surface area contributed by atoms with Gasteiger partial charge >= 0.3 is 6.09 Å². The third-order valence-electron chi connectivity index (χ3n) is 3.79. The highest BCUT2D eigenvalue weighted by Gasteiger charge is 2.26. The summed E-state index contributed by atoms with van der Waals surface area (Å²) in [7, 11) is 0. The van der Waals surface area contributed by atoms with Gasteiger partial charge < -0.3 is 14.7 Å². The fourth-order valence-corrected chi connectivity index (χ4v) is 2.84. The maximum atomic E-state index is 12.1. The largest absolute Gasteiger partial charge is 0.444 e. The van der Waals surface area contributed by atoms with Crippen LogP contribution < -0.4 is 0 Å². The van der Waals surface area contributed by atoms with E-state index >= 15 is 0 Å². The maximum Gasteiger partial charge on any atom is 0.410 e. The number of piperazine rings is 1. The molecule has 6 heteroatoms. The highest BCUT2D eigenvalue weighted by molar-refractivity contribution is 6.31. The molecule has 0 unspecified atom stereocenters. The first-order valence-corrected chi connectivity index (χ1v) is 8.25. The van der Waals surface area contributed by atoms with Gasteiger partial charge in [0.05, 0.1) is 6.61 Å². The van der Waals surface area contributed by atoms with E-state index in [1.807, 2.05) is 32.9 Å². The molecule has 0 spiro atoms. The van der Waals surface area contributed by atoms with Gasteiger partial charge in [0, 0.05) is 43.3 Å². The van der Waals surface area contributed by atoms with Gasteiger partial charge in [-0.15, -0.1) is 0 Å². The molecule has 1 heterocycles. The van der Waals surface area contributed by atoms with Gasteiger partial charge in [0.1, 0.15) is 5.60 Å². The van der Waals surface area contributed by atoms with Crippen molar-refractivity contribution in [1.29, 1.82) is 0 Å². The van der Waals surface area contributed by atoms with Crippen molar-refractivity contribution >= 4 is 17.7 Å². The van der Waals surface area contributed by atoms with Gasteiger partial charge in [0.2, 0.25) is 0 Å². The average Bonchev–Trinajstić information content (AvgIpc) is 2.46. The van der Waals surface area contributed by atoms with Crippen LogP contribution in [0, 0.1) is 0 Å². The number of carbonyl (C=O) groups excluding carboxylic acids is 1. The number of benzene rings is 1. The zero-order valence-electron chi connectivity index (χ0n) is 14.0. The summed E-state index contributed by atoms with van der Waals surface area (Å²) in [5.74, 6) is 0. The molecule has 1 N–H and O–H groups in total. The van der Waals surface area contributed by atoms with E-state index < -0.39 is 5.60 Å². The van der Waals surface area contributed by atoms with E-state index in [0.29, 0.717) is 18.1 Å². The van der Waals surface area contributed by atoms with Crippen LogP contribution in [0.3, 0.4) is 0 Å². The molecule has 1 aliphatic heterocycles. The third-order valence-corrected chi connectivity index (χ3v) is 4.15. The Labute approximate surface area is 142 Å². The lowest BCUT2D eigenvalue weighted by Gasteiger charge is -2.35. The molecule has 128 valence electrons. The Kier molecular flexibility index (Phi) is 5.89. The first-order valence-electron chi connectivity index (χ1n) is 7.87. The summed E-state index contributed by atoms with van der Waals surface area (Å²) in [6.45, 7) is 9.11. The first kappa shape index (κ1) is 18.0. The summed E-state index contributed by atoms with van der Waals surface area (Å²) in [5.41, 5.74) is 1.35. The predicted octanol–water partition coefficient (Wildman–Crippen LogP) is 2.89. The van der Waals surface area contributed by atoms with Crippen LogP contribution in [0.4, 0.5) is 4.79 Å². The van der Waals surface area contributed by atoms with Gasteiger partial charge in [-0.1, -0.05) is 23.7 Å². The first-order chi connectivity index (χ1) is 10.8. The van der Waals surface area contributed by atoms with Crippen molar-refractivity contribution < 1.29 is 14.6 Å². The molecule has 1 fully saturated rings. The van der Waals surface area contributed by atoms with Crippen molar-refractivity contribution in [3.8, 4) is 0 Å². The molecule has 1 aliphatic rings. The lowest BCUT2D eigenvalue weighted by molar-refractivity contribution is 0.0138. The van der Waals surface area contributed by atoms with Crippen LogP contribution >= 0.6 is 11.6 Å². The van der Waals surface area contributed by atoms with E-state index in [2.05, 4.69) is 4.90 Å². The van der Waals surface area contributed by atoms with Crippen LogP contribution in [0.5, 0.6) is 0 Å². The summed E-state index contributed by atoms with van der Waals surface area (Å²) in [4.78, 5) is 16.1. The molecule has 0 radical (unpaired) electrons. The molecule has 0 aromatic heterocycles. The fraction of sp³-hybridized carbons (Fsp3) is 0.588.